The van der Waals surface area contributed by atoms with Gasteiger partial charge in [0.1, 0.15) is 0 Å². The van der Waals surface area contributed by atoms with Crippen LogP contribution in [0.2, 0.25) is 0 Å². The highest BCUT2D eigenvalue weighted by Crippen LogP contribution is 2.22. The Kier molecular flexibility index (Phi) is 4.41. The number of carbonyl (C=O) groups is 1. The quantitative estimate of drug-likeness (QED) is 0.729. The van der Waals surface area contributed by atoms with E-state index >= 15 is 0 Å². The van der Waals surface area contributed by atoms with Gasteiger partial charge in [0.05, 0.1) is 17.6 Å². The number of aliphatic hydroxyl groups is 1. The molecule has 0 spiro atoms. The second-order valence-corrected chi connectivity index (χ2v) is 5.22. The summed E-state index contributed by atoms with van der Waals surface area (Å²) in [6.45, 7) is 3.62. The molecule has 2 N–H and O–H groups in total. The summed E-state index contributed by atoms with van der Waals surface area (Å²) in [5.74, 6) is 0.227. The molecule has 88 valence electrons. The van der Waals surface area contributed by atoms with Gasteiger partial charge in [-0.15, -0.1) is 11.6 Å². The summed E-state index contributed by atoms with van der Waals surface area (Å²) in [6, 6.07) is -0.0891. The second kappa shape index (κ2) is 5.17. The molecule has 1 aliphatic carbocycles. The van der Waals surface area contributed by atoms with Crippen molar-refractivity contribution in [2.75, 3.05) is 5.88 Å². The Bertz CT molecular complexity index is 231. The fourth-order valence-electron chi connectivity index (χ4n) is 1.70. The molecule has 0 aromatic carbocycles. The van der Waals surface area contributed by atoms with Crippen molar-refractivity contribution in [3.8, 4) is 0 Å². The monoisotopic (exact) mass is 233 g/mol. The molecule has 1 saturated carbocycles. The number of aliphatic hydroxyl groups excluding tert-OH is 1. The third-order valence-electron chi connectivity index (χ3n) is 2.99. The van der Waals surface area contributed by atoms with E-state index in [4.69, 9.17) is 11.6 Å². The van der Waals surface area contributed by atoms with Crippen LogP contribution >= 0.6 is 11.6 Å². The summed E-state index contributed by atoms with van der Waals surface area (Å²) in [6.07, 6.45) is 3.38. The van der Waals surface area contributed by atoms with Crippen molar-refractivity contribution in [1.82, 2.24) is 5.32 Å². The number of alkyl halides is 1. The SMILES string of the molecule is CC(C)(CCl)C(=O)N[C@H]1CCCC[C@@H]1O. The molecule has 1 rings (SSSR count). The van der Waals surface area contributed by atoms with Crippen LogP contribution in [0.25, 0.3) is 0 Å². The van der Waals surface area contributed by atoms with Crippen LogP contribution in [-0.4, -0.2) is 29.0 Å². The zero-order chi connectivity index (χ0) is 11.5. The number of nitrogens with one attached hydrogen (secondary N) is 1. The first kappa shape index (κ1) is 12.8. The molecule has 0 heterocycles. The van der Waals surface area contributed by atoms with Crippen LogP contribution in [0.5, 0.6) is 0 Å². The molecule has 0 aliphatic heterocycles. The average Bonchev–Trinajstić information content (AvgIpc) is 2.21. The van der Waals surface area contributed by atoms with E-state index in [-0.39, 0.29) is 11.9 Å². The van der Waals surface area contributed by atoms with Gasteiger partial charge in [-0.05, 0) is 26.7 Å². The highest BCUT2D eigenvalue weighted by Gasteiger charge is 2.31. The van der Waals surface area contributed by atoms with Crippen LogP contribution in [0.3, 0.4) is 0 Å². The van der Waals surface area contributed by atoms with Gasteiger partial charge in [-0.1, -0.05) is 12.8 Å². The van der Waals surface area contributed by atoms with Crippen molar-refractivity contribution in [2.24, 2.45) is 5.41 Å². The van der Waals surface area contributed by atoms with Gasteiger partial charge in [-0.2, -0.15) is 0 Å². The minimum absolute atomic E-state index is 0.0662. The Morgan fingerprint density at radius 3 is 2.60 bits per heavy atom. The molecule has 0 bridgehead atoms. The Morgan fingerprint density at radius 2 is 2.07 bits per heavy atom. The molecule has 0 radical (unpaired) electrons. The van der Waals surface area contributed by atoms with Gasteiger partial charge < -0.3 is 10.4 Å². The first-order valence-electron chi connectivity index (χ1n) is 5.52. The Labute approximate surface area is 96.2 Å². The van der Waals surface area contributed by atoms with Crippen molar-refractivity contribution in [3.05, 3.63) is 0 Å². The lowest BCUT2D eigenvalue weighted by Gasteiger charge is -2.31. The van der Waals surface area contributed by atoms with Gasteiger partial charge in [-0.3, -0.25) is 4.79 Å². The van der Waals surface area contributed by atoms with Gasteiger partial charge in [0.15, 0.2) is 0 Å². The second-order valence-electron chi connectivity index (χ2n) is 4.95. The largest absolute Gasteiger partial charge is 0.391 e. The van der Waals surface area contributed by atoms with E-state index in [0.29, 0.717) is 5.88 Å². The molecular weight excluding hydrogens is 214 g/mol. The summed E-state index contributed by atoms with van der Waals surface area (Å²) in [4.78, 5) is 11.8. The molecule has 4 heteroatoms. The van der Waals surface area contributed by atoms with Crippen LogP contribution in [-0.2, 0) is 4.79 Å². The lowest BCUT2D eigenvalue weighted by atomic mass is 9.90. The van der Waals surface area contributed by atoms with Crippen molar-refractivity contribution >= 4 is 17.5 Å². The zero-order valence-corrected chi connectivity index (χ0v) is 10.2. The first-order chi connectivity index (χ1) is 6.97. The summed E-state index contributed by atoms with van der Waals surface area (Å²) in [5, 5.41) is 12.6. The van der Waals surface area contributed by atoms with Crippen LogP contribution < -0.4 is 5.32 Å². The molecular formula is C11H20ClNO2. The van der Waals surface area contributed by atoms with Crippen LogP contribution in [0.1, 0.15) is 39.5 Å². The smallest absolute Gasteiger partial charge is 0.227 e. The lowest BCUT2D eigenvalue weighted by Crippen LogP contribution is -2.49. The van der Waals surface area contributed by atoms with E-state index < -0.39 is 11.5 Å². The van der Waals surface area contributed by atoms with Crippen LogP contribution in [0.4, 0.5) is 0 Å². The maximum Gasteiger partial charge on any atom is 0.227 e. The standard InChI is InChI=1S/C11H20ClNO2/c1-11(2,7-12)10(15)13-8-5-3-4-6-9(8)14/h8-9,14H,3-7H2,1-2H3,(H,13,15)/t8-,9-/m0/s1. The normalized spacial score (nSPS) is 27.5. The molecule has 1 aliphatic rings. The Morgan fingerprint density at radius 1 is 1.47 bits per heavy atom. The third kappa shape index (κ3) is 3.35. The van der Waals surface area contributed by atoms with Gasteiger partial charge in [0.2, 0.25) is 5.91 Å². The number of hydrogen-bond donors (Lipinski definition) is 2. The zero-order valence-electron chi connectivity index (χ0n) is 9.42. The Hall–Kier alpha value is -0.280. The molecule has 2 atom stereocenters. The first-order valence-corrected chi connectivity index (χ1v) is 6.06. The highest BCUT2D eigenvalue weighted by molar-refractivity contribution is 6.19. The van der Waals surface area contributed by atoms with E-state index in [0.717, 1.165) is 25.7 Å². The molecule has 0 aromatic heterocycles. The van der Waals surface area contributed by atoms with Gasteiger partial charge in [0.25, 0.3) is 0 Å². The predicted molar refractivity (Wildman–Crippen MR) is 60.9 cm³/mol. The highest BCUT2D eigenvalue weighted by atomic mass is 35.5. The summed E-state index contributed by atoms with van der Waals surface area (Å²) < 4.78 is 0. The van der Waals surface area contributed by atoms with E-state index in [2.05, 4.69) is 5.32 Å². The summed E-state index contributed by atoms with van der Waals surface area (Å²) in [7, 11) is 0. The van der Waals surface area contributed by atoms with E-state index in [1.54, 1.807) is 0 Å². The topological polar surface area (TPSA) is 49.3 Å². The summed E-state index contributed by atoms with van der Waals surface area (Å²) >= 11 is 5.72. The lowest BCUT2D eigenvalue weighted by molar-refractivity contribution is -0.130. The third-order valence-corrected chi connectivity index (χ3v) is 3.66. The molecule has 3 nitrogen and oxygen atoms in total. The van der Waals surface area contributed by atoms with Gasteiger partial charge in [-0.25, -0.2) is 0 Å². The van der Waals surface area contributed by atoms with Crippen molar-refractivity contribution < 1.29 is 9.90 Å². The van der Waals surface area contributed by atoms with Crippen LogP contribution in [0.15, 0.2) is 0 Å². The fourth-order valence-corrected chi connectivity index (χ4v) is 1.83. The van der Waals surface area contributed by atoms with Crippen molar-refractivity contribution in [2.45, 2.75) is 51.7 Å². The van der Waals surface area contributed by atoms with Crippen LogP contribution in [0, 0.1) is 5.41 Å². The minimum atomic E-state index is -0.557. The number of hydrogen-bond acceptors (Lipinski definition) is 2. The predicted octanol–water partition coefficient (Wildman–Crippen LogP) is 1.67. The maximum absolute atomic E-state index is 11.8. The molecule has 0 saturated heterocycles. The van der Waals surface area contributed by atoms with Gasteiger partial charge >= 0.3 is 0 Å². The fraction of sp³-hybridized carbons (Fsp3) is 0.909. The van der Waals surface area contributed by atoms with Crippen molar-refractivity contribution in [3.63, 3.8) is 0 Å². The summed E-state index contributed by atoms with van der Waals surface area (Å²) in [5.41, 5.74) is -0.557. The molecule has 0 aromatic rings. The minimum Gasteiger partial charge on any atom is -0.391 e. The number of amides is 1. The maximum atomic E-state index is 11.8. The molecule has 15 heavy (non-hydrogen) atoms. The number of rotatable bonds is 3. The van der Waals surface area contributed by atoms with E-state index in [1.165, 1.54) is 0 Å². The van der Waals surface area contributed by atoms with Gasteiger partial charge in [0, 0.05) is 5.88 Å². The number of halogens is 1. The van der Waals surface area contributed by atoms with E-state index in [1.807, 2.05) is 13.8 Å². The molecule has 0 unspecified atom stereocenters. The van der Waals surface area contributed by atoms with Crippen molar-refractivity contribution in [1.29, 1.82) is 0 Å². The number of carbonyl (C=O) groups excluding carboxylic acids is 1. The molecule has 1 amide bonds. The average molecular weight is 234 g/mol. The van der Waals surface area contributed by atoms with E-state index in [9.17, 15) is 9.90 Å². The molecule has 1 fully saturated rings. The Balaban J connectivity index is 2.50.